The maximum atomic E-state index is 13.2. The van der Waals surface area contributed by atoms with Gasteiger partial charge in [0.1, 0.15) is 15.9 Å². The third kappa shape index (κ3) is 3.26. The molecule has 0 aliphatic carbocycles. The Bertz CT molecular complexity index is 1040. The summed E-state index contributed by atoms with van der Waals surface area (Å²) in [5.74, 6) is -0.964. The summed E-state index contributed by atoms with van der Waals surface area (Å²) < 4.78 is 14.7. The van der Waals surface area contributed by atoms with Crippen LogP contribution in [0.1, 0.15) is 28.2 Å². The van der Waals surface area contributed by atoms with Gasteiger partial charge in [-0.15, -0.1) is 11.3 Å². The first-order chi connectivity index (χ1) is 12.3. The molecule has 2 aromatic heterocycles. The number of carbonyl (C=O) groups excluding carboxylic acids is 1. The molecule has 26 heavy (non-hydrogen) atoms. The first-order valence-electron chi connectivity index (χ1n) is 8.05. The van der Waals surface area contributed by atoms with E-state index in [9.17, 15) is 14.0 Å². The molecule has 0 saturated heterocycles. The second-order valence-corrected chi connectivity index (χ2v) is 8.13. The van der Waals surface area contributed by atoms with Crippen LogP contribution in [0.5, 0.6) is 0 Å². The molecule has 1 aromatic carbocycles. The van der Waals surface area contributed by atoms with Crippen LogP contribution in [0.2, 0.25) is 0 Å². The van der Waals surface area contributed by atoms with Gasteiger partial charge in [0.15, 0.2) is 5.16 Å². The Morgan fingerprint density at radius 3 is 2.58 bits per heavy atom. The van der Waals surface area contributed by atoms with Crippen LogP contribution in [0.4, 0.5) is 4.39 Å². The lowest BCUT2D eigenvalue weighted by atomic mass is 10.1. The van der Waals surface area contributed by atoms with E-state index in [-0.39, 0.29) is 5.56 Å². The van der Waals surface area contributed by atoms with Gasteiger partial charge in [0.05, 0.1) is 5.39 Å². The zero-order valence-electron chi connectivity index (χ0n) is 14.6. The number of aromatic nitrogens is 2. The van der Waals surface area contributed by atoms with Crippen LogP contribution in [0.25, 0.3) is 10.2 Å². The summed E-state index contributed by atoms with van der Waals surface area (Å²) in [6, 6.07) is 5.59. The van der Waals surface area contributed by atoms with Crippen molar-refractivity contribution < 1.29 is 9.18 Å². The van der Waals surface area contributed by atoms with Crippen LogP contribution >= 0.6 is 23.1 Å². The maximum Gasteiger partial charge on any atom is 0.263 e. The van der Waals surface area contributed by atoms with Crippen LogP contribution in [-0.4, -0.2) is 15.5 Å². The van der Waals surface area contributed by atoms with E-state index < -0.39 is 17.0 Å². The van der Waals surface area contributed by atoms with Crippen molar-refractivity contribution in [2.75, 3.05) is 0 Å². The number of hydrogen-bond acceptors (Lipinski definition) is 5. The zero-order valence-corrected chi connectivity index (χ0v) is 16.2. The molecule has 0 unspecified atom stereocenters. The minimum Gasteiger partial charge on any atom is -0.368 e. The van der Waals surface area contributed by atoms with E-state index in [0.717, 1.165) is 22.2 Å². The zero-order chi connectivity index (χ0) is 19.0. The molecule has 0 aliphatic rings. The lowest BCUT2D eigenvalue weighted by Crippen LogP contribution is -2.25. The average molecular weight is 391 g/mol. The third-order valence-electron chi connectivity index (χ3n) is 4.22. The fraction of sp³-hybridized carbons (Fsp3) is 0.278. The summed E-state index contributed by atoms with van der Waals surface area (Å²) in [5.41, 5.74) is 6.94. The van der Waals surface area contributed by atoms with E-state index in [0.29, 0.717) is 27.5 Å². The highest BCUT2D eigenvalue weighted by molar-refractivity contribution is 8.00. The molecule has 8 heteroatoms. The normalized spacial score (nSPS) is 12.5. The largest absolute Gasteiger partial charge is 0.368 e. The lowest BCUT2D eigenvalue weighted by molar-refractivity contribution is -0.117. The molecule has 0 spiro atoms. The van der Waals surface area contributed by atoms with E-state index >= 15 is 0 Å². The quantitative estimate of drug-likeness (QED) is 0.533. The number of rotatable bonds is 5. The van der Waals surface area contributed by atoms with Crippen molar-refractivity contribution >= 4 is 39.2 Å². The maximum absolute atomic E-state index is 13.2. The highest BCUT2D eigenvalue weighted by Gasteiger charge is 2.24. The van der Waals surface area contributed by atoms with Crippen molar-refractivity contribution in [3.05, 3.63) is 56.4 Å². The number of hydrogen-bond donors (Lipinski definition) is 1. The van der Waals surface area contributed by atoms with Gasteiger partial charge in [-0.2, -0.15) is 0 Å². The molecule has 5 nitrogen and oxygen atoms in total. The van der Waals surface area contributed by atoms with Crippen LogP contribution in [-0.2, 0) is 11.3 Å². The number of nitrogens with zero attached hydrogens (tertiary/aromatic N) is 2. The Balaban J connectivity index is 2.12. The Labute approximate surface area is 158 Å². The van der Waals surface area contributed by atoms with Gasteiger partial charge >= 0.3 is 0 Å². The van der Waals surface area contributed by atoms with Crippen molar-refractivity contribution in [3.63, 3.8) is 0 Å². The molecule has 2 heterocycles. The standard InChI is InChI=1S/C18H18FN3O2S2/c1-4-22-17(24)13-9(2)10(3)25-16(13)21-18(22)26-14(15(20)23)11-5-7-12(19)8-6-11/h5-8,14H,4H2,1-3H3,(H2,20,23)/t14-/m0/s1. The number of thiophene rings is 1. The van der Waals surface area contributed by atoms with Gasteiger partial charge in [-0.25, -0.2) is 9.37 Å². The van der Waals surface area contributed by atoms with Crippen molar-refractivity contribution in [2.24, 2.45) is 5.73 Å². The minimum atomic E-state index is -0.764. The second kappa shape index (κ2) is 7.20. The number of nitrogens with two attached hydrogens (primary N) is 1. The van der Waals surface area contributed by atoms with Crippen LogP contribution in [0, 0.1) is 19.7 Å². The predicted octanol–water partition coefficient (Wildman–Crippen LogP) is 3.55. The minimum absolute atomic E-state index is 0.121. The summed E-state index contributed by atoms with van der Waals surface area (Å²) in [6.07, 6.45) is 0. The second-order valence-electron chi connectivity index (χ2n) is 5.86. The average Bonchev–Trinajstić information content (AvgIpc) is 2.88. The van der Waals surface area contributed by atoms with Gasteiger partial charge in [0.25, 0.3) is 5.56 Å². The molecular formula is C18H18FN3O2S2. The van der Waals surface area contributed by atoms with Crippen molar-refractivity contribution in [2.45, 2.75) is 37.7 Å². The first-order valence-corrected chi connectivity index (χ1v) is 9.75. The van der Waals surface area contributed by atoms with E-state index in [1.165, 1.54) is 35.6 Å². The highest BCUT2D eigenvalue weighted by Crippen LogP contribution is 2.36. The third-order valence-corrected chi connectivity index (χ3v) is 6.59. The van der Waals surface area contributed by atoms with Crippen LogP contribution in [0.15, 0.2) is 34.2 Å². The van der Waals surface area contributed by atoms with Gasteiger partial charge in [-0.1, -0.05) is 23.9 Å². The van der Waals surface area contributed by atoms with Crippen LogP contribution < -0.4 is 11.3 Å². The van der Waals surface area contributed by atoms with Gasteiger partial charge < -0.3 is 5.73 Å². The smallest absolute Gasteiger partial charge is 0.263 e. The molecule has 0 fully saturated rings. The molecule has 136 valence electrons. The Morgan fingerprint density at radius 2 is 2.00 bits per heavy atom. The van der Waals surface area contributed by atoms with E-state index in [1.54, 1.807) is 4.57 Å². The highest BCUT2D eigenvalue weighted by atomic mass is 32.2. The number of aryl methyl sites for hydroxylation is 2. The molecule has 3 rings (SSSR count). The molecule has 1 amide bonds. The lowest BCUT2D eigenvalue weighted by Gasteiger charge is -2.16. The molecule has 0 radical (unpaired) electrons. The summed E-state index contributed by atoms with van der Waals surface area (Å²) in [5, 5.41) is 0.287. The van der Waals surface area contributed by atoms with Crippen molar-refractivity contribution in [3.8, 4) is 0 Å². The van der Waals surface area contributed by atoms with E-state index in [2.05, 4.69) is 4.98 Å². The number of carbonyl (C=O) groups is 1. The fourth-order valence-corrected chi connectivity index (χ4v) is 4.89. The molecule has 1 atom stereocenters. The number of thioether (sulfide) groups is 1. The number of fused-ring (bicyclic) bond motifs is 1. The Hall–Kier alpha value is -2.19. The number of primary amides is 1. The number of halogens is 1. The molecule has 0 bridgehead atoms. The van der Waals surface area contributed by atoms with Gasteiger partial charge in [-0.05, 0) is 44.0 Å². The fourth-order valence-electron chi connectivity index (χ4n) is 2.71. The van der Waals surface area contributed by atoms with Gasteiger partial charge in [-0.3, -0.25) is 14.2 Å². The van der Waals surface area contributed by atoms with Crippen LogP contribution in [0.3, 0.4) is 0 Å². The molecule has 2 N–H and O–H groups in total. The molecule has 0 aliphatic heterocycles. The monoisotopic (exact) mass is 391 g/mol. The molecule has 3 aromatic rings. The van der Waals surface area contributed by atoms with Gasteiger partial charge in [0, 0.05) is 11.4 Å². The first kappa shape index (κ1) is 18.6. The summed E-state index contributed by atoms with van der Waals surface area (Å²) in [6.45, 7) is 6.14. The molecular weight excluding hydrogens is 373 g/mol. The summed E-state index contributed by atoms with van der Waals surface area (Å²) >= 11 is 2.57. The van der Waals surface area contributed by atoms with E-state index in [1.807, 2.05) is 20.8 Å². The summed E-state index contributed by atoms with van der Waals surface area (Å²) in [4.78, 5) is 31.2. The number of amides is 1. The van der Waals surface area contributed by atoms with Crippen molar-refractivity contribution in [1.29, 1.82) is 0 Å². The topological polar surface area (TPSA) is 78.0 Å². The van der Waals surface area contributed by atoms with Crippen molar-refractivity contribution in [1.82, 2.24) is 9.55 Å². The molecule has 0 saturated carbocycles. The Kier molecular flexibility index (Phi) is 5.15. The van der Waals surface area contributed by atoms with Gasteiger partial charge in [0.2, 0.25) is 5.91 Å². The van der Waals surface area contributed by atoms with E-state index in [4.69, 9.17) is 5.73 Å². The summed E-state index contributed by atoms with van der Waals surface area (Å²) in [7, 11) is 0. The predicted molar refractivity (Wildman–Crippen MR) is 103 cm³/mol. The number of benzene rings is 1. The Morgan fingerprint density at radius 1 is 1.35 bits per heavy atom. The SMILES string of the molecule is CCn1c(S[C@H](C(N)=O)c2ccc(F)cc2)nc2sc(C)c(C)c2c1=O.